The van der Waals surface area contributed by atoms with Gasteiger partial charge in [-0.3, -0.25) is 19.2 Å². The van der Waals surface area contributed by atoms with Crippen molar-refractivity contribution < 1.29 is 29.1 Å². The highest BCUT2D eigenvalue weighted by molar-refractivity contribution is 7.80. The standard InChI is InChI=1S/C19H31N7O6S/c1-3-9(2)15(26-16(28)11(20)7-33)18(30)24-12(5-14(21)27)17(29)25-13(19(31)32)4-10-6-22-8-23-10/h6,8-9,11-13,15,33H,3-5,7,20H2,1-2H3,(H2,21,27)(H,22,23)(H,24,30)(H,25,29)(H,26,28)(H,31,32). The van der Waals surface area contributed by atoms with Gasteiger partial charge >= 0.3 is 5.97 Å². The average Bonchev–Trinajstić information content (AvgIpc) is 3.27. The summed E-state index contributed by atoms with van der Waals surface area (Å²) in [5.41, 5.74) is 11.3. The third-order valence-electron chi connectivity index (χ3n) is 4.96. The molecule has 184 valence electrons. The fourth-order valence-corrected chi connectivity index (χ4v) is 2.97. The number of aromatic nitrogens is 2. The van der Waals surface area contributed by atoms with E-state index in [9.17, 15) is 29.1 Å². The van der Waals surface area contributed by atoms with E-state index in [1.165, 1.54) is 12.5 Å². The Morgan fingerprint density at radius 1 is 1.12 bits per heavy atom. The molecule has 0 aliphatic rings. The van der Waals surface area contributed by atoms with E-state index in [1.54, 1.807) is 13.8 Å². The molecule has 0 aliphatic carbocycles. The van der Waals surface area contributed by atoms with E-state index >= 15 is 0 Å². The number of carbonyl (C=O) groups excluding carboxylic acids is 4. The van der Waals surface area contributed by atoms with E-state index in [1.807, 2.05) is 0 Å². The number of thiol groups is 1. The summed E-state index contributed by atoms with van der Waals surface area (Å²) in [7, 11) is 0. The lowest BCUT2D eigenvalue weighted by Gasteiger charge is -2.27. The van der Waals surface area contributed by atoms with Gasteiger partial charge in [0.1, 0.15) is 18.1 Å². The lowest BCUT2D eigenvalue weighted by atomic mass is 9.97. The summed E-state index contributed by atoms with van der Waals surface area (Å²) in [5.74, 6) is -4.77. The minimum Gasteiger partial charge on any atom is -0.480 e. The summed E-state index contributed by atoms with van der Waals surface area (Å²) in [6, 6.07) is -4.82. The molecular weight excluding hydrogens is 454 g/mol. The van der Waals surface area contributed by atoms with Crippen molar-refractivity contribution in [2.75, 3.05) is 5.75 Å². The molecule has 13 nitrogen and oxygen atoms in total. The Balaban J connectivity index is 3.00. The van der Waals surface area contributed by atoms with Gasteiger partial charge in [-0.1, -0.05) is 20.3 Å². The molecule has 1 rings (SSSR count). The second-order valence-electron chi connectivity index (χ2n) is 7.57. The van der Waals surface area contributed by atoms with Crippen molar-refractivity contribution >= 4 is 42.2 Å². The molecule has 5 atom stereocenters. The Labute approximate surface area is 196 Å². The molecule has 5 unspecified atom stereocenters. The van der Waals surface area contributed by atoms with Gasteiger partial charge in [0, 0.05) is 24.1 Å². The number of H-pyrrole nitrogens is 1. The first-order valence-electron chi connectivity index (χ1n) is 10.3. The molecule has 1 aromatic heterocycles. The van der Waals surface area contributed by atoms with Gasteiger partial charge in [0.15, 0.2) is 0 Å². The number of primary amides is 1. The summed E-state index contributed by atoms with van der Waals surface area (Å²) in [6.45, 7) is 3.51. The zero-order valence-corrected chi connectivity index (χ0v) is 19.3. The van der Waals surface area contributed by atoms with Crippen molar-refractivity contribution in [1.29, 1.82) is 0 Å². The van der Waals surface area contributed by atoms with Crippen LogP contribution in [0.3, 0.4) is 0 Å². The SMILES string of the molecule is CCC(C)C(NC(=O)C(N)CS)C(=O)NC(CC(N)=O)C(=O)NC(Cc1cnc[nH]1)C(=O)O. The molecule has 0 aromatic carbocycles. The number of nitrogens with two attached hydrogens (primary N) is 2. The zero-order valence-electron chi connectivity index (χ0n) is 18.4. The van der Waals surface area contributed by atoms with Crippen molar-refractivity contribution in [3.8, 4) is 0 Å². The van der Waals surface area contributed by atoms with Gasteiger partial charge in [-0.2, -0.15) is 12.6 Å². The van der Waals surface area contributed by atoms with Crippen molar-refractivity contribution in [2.45, 2.75) is 57.3 Å². The number of carboxylic acids is 1. The van der Waals surface area contributed by atoms with Crippen LogP contribution in [0.2, 0.25) is 0 Å². The monoisotopic (exact) mass is 485 g/mol. The number of hydrogen-bond acceptors (Lipinski definition) is 8. The summed E-state index contributed by atoms with van der Waals surface area (Å²) in [6.07, 6.45) is 2.58. The Kier molecular flexibility index (Phi) is 11.4. The molecule has 0 radical (unpaired) electrons. The zero-order chi connectivity index (χ0) is 25.1. The van der Waals surface area contributed by atoms with Crippen molar-refractivity contribution in [3.05, 3.63) is 18.2 Å². The number of aliphatic carboxylic acids is 1. The Morgan fingerprint density at radius 3 is 2.24 bits per heavy atom. The van der Waals surface area contributed by atoms with Gasteiger partial charge in [0.2, 0.25) is 23.6 Å². The molecule has 0 fully saturated rings. The fourth-order valence-electron chi connectivity index (χ4n) is 2.81. The van der Waals surface area contributed by atoms with Crippen LogP contribution in [0, 0.1) is 5.92 Å². The second-order valence-corrected chi connectivity index (χ2v) is 7.94. The van der Waals surface area contributed by atoms with Crippen molar-refractivity contribution in [1.82, 2.24) is 25.9 Å². The van der Waals surface area contributed by atoms with Crippen LogP contribution in [0.15, 0.2) is 12.5 Å². The maximum absolute atomic E-state index is 12.9. The topological polar surface area (TPSA) is 222 Å². The molecule has 0 spiro atoms. The van der Waals surface area contributed by atoms with Gasteiger partial charge in [0.05, 0.1) is 18.8 Å². The molecule has 9 N–H and O–H groups in total. The van der Waals surface area contributed by atoms with E-state index in [0.29, 0.717) is 12.1 Å². The number of hydrogen-bond donors (Lipinski definition) is 8. The maximum Gasteiger partial charge on any atom is 0.326 e. The average molecular weight is 486 g/mol. The molecule has 33 heavy (non-hydrogen) atoms. The van der Waals surface area contributed by atoms with Crippen LogP contribution >= 0.6 is 12.6 Å². The highest BCUT2D eigenvalue weighted by atomic mass is 32.1. The summed E-state index contributed by atoms with van der Waals surface area (Å²) in [5, 5.41) is 16.6. The number of nitrogens with zero attached hydrogens (tertiary/aromatic N) is 1. The summed E-state index contributed by atoms with van der Waals surface area (Å²) in [4.78, 5) is 67.5. The molecule has 14 heteroatoms. The van der Waals surface area contributed by atoms with Gasteiger partial charge in [-0.05, 0) is 5.92 Å². The molecule has 0 aliphatic heterocycles. The maximum atomic E-state index is 12.9. The minimum atomic E-state index is -1.46. The van der Waals surface area contributed by atoms with E-state index in [4.69, 9.17) is 11.5 Å². The number of aromatic amines is 1. The lowest BCUT2D eigenvalue weighted by molar-refractivity contribution is -0.142. The number of rotatable bonds is 14. The second kappa shape index (κ2) is 13.4. The molecule has 4 amide bonds. The largest absolute Gasteiger partial charge is 0.480 e. The Bertz CT molecular complexity index is 835. The molecule has 1 aromatic rings. The van der Waals surface area contributed by atoms with E-state index in [0.717, 1.165) is 0 Å². The van der Waals surface area contributed by atoms with Gasteiger partial charge in [0.25, 0.3) is 0 Å². The molecule has 0 saturated carbocycles. The highest BCUT2D eigenvalue weighted by Crippen LogP contribution is 2.10. The third kappa shape index (κ3) is 9.10. The van der Waals surface area contributed by atoms with Crippen LogP contribution in [0.1, 0.15) is 32.4 Å². The quantitative estimate of drug-likeness (QED) is 0.133. The van der Waals surface area contributed by atoms with Gasteiger partial charge in [-0.25, -0.2) is 9.78 Å². The van der Waals surface area contributed by atoms with Crippen LogP contribution in [0.25, 0.3) is 0 Å². The first kappa shape index (κ1) is 27.9. The molecule has 0 bridgehead atoms. The van der Waals surface area contributed by atoms with Crippen LogP contribution < -0.4 is 27.4 Å². The predicted molar refractivity (Wildman–Crippen MR) is 121 cm³/mol. The molecular formula is C19H31N7O6S. The normalized spacial score (nSPS) is 15.4. The van der Waals surface area contributed by atoms with Crippen LogP contribution in [-0.4, -0.2) is 74.6 Å². The highest BCUT2D eigenvalue weighted by Gasteiger charge is 2.33. The van der Waals surface area contributed by atoms with E-state index < -0.39 is 60.2 Å². The smallest absolute Gasteiger partial charge is 0.326 e. The minimum absolute atomic E-state index is 0.0558. The number of carboxylic acid groups (broad SMARTS) is 1. The van der Waals surface area contributed by atoms with Crippen LogP contribution in [-0.2, 0) is 30.4 Å². The lowest BCUT2D eigenvalue weighted by Crippen LogP contribution is -2.59. The van der Waals surface area contributed by atoms with Gasteiger partial charge < -0.3 is 37.5 Å². The van der Waals surface area contributed by atoms with Crippen LogP contribution in [0.4, 0.5) is 0 Å². The summed E-state index contributed by atoms with van der Waals surface area (Å²) >= 11 is 3.96. The first-order chi connectivity index (χ1) is 15.5. The predicted octanol–water partition coefficient (Wildman–Crippen LogP) is -2.33. The van der Waals surface area contributed by atoms with E-state index in [-0.39, 0.29) is 18.1 Å². The van der Waals surface area contributed by atoms with Crippen LogP contribution in [0.5, 0.6) is 0 Å². The van der Waals surface area contributed by atoms with Crippen molar-refractivity contribution in [3.63, 3.8) is 0 Å². The Hall–Kier alpha value is -3.13. The van der Waals surface area contributed by atoms with Crippen molar-refractivity contribution in [2.24, 2.45) is 17.4 Å². The summed E-state index contributed by atoms with van der Waals surface area (Å²) < 4.78 is 0. The third-order valence-corrected chi connectivity index (χ3v) is 5.35. The molecule has 0 saturated heterocycles. The van der Waals surface area contributed by atoms with E-state index in [2.05, 4.69) is 38.5 Å². The molecule has 1 heterocycles. The fraction of sp³-hybridized carbons (Fsp3) is 0.579. The number of imidazole rings is 1. The number of amides is 4. The first-order valence-corrected chi connectivity index (χ1v) is 10.9. The number of carbonyl (C=O) groups is 5. The van der Waals surface area contributed by atoms with Gasteiger partial charge in [-0.15, -0.1) is 0 Å². The Morgan fingerprint density at radius 2 is 1.76 bits per heavy atom. The number of nitrogens with one attached hydrogen (secondary N) is 4.